The van der Waals surface area contributed by atoms with Crippen LogP contribution in [0.3, 0.4) is 0 Å². The summed E-state index contributed by atoms with van der Waals surface area (Å²) in [6.45, 7) is 8.46. The highest BCUT2D eigenvalue weighted by Crippen LogP contribution is 2.19. The number of amides is 1. The van der Waals surface area contributed by atoms with Crippen molar-refractivity contribution in [2.24, 2.45) is 0 Å². The first-order valence-corrected chi connectivity index (χ1v) is 9.56. The lowest BCUT2D eigenvalue weighted by Crippen LogP contribution is -2.49. The van der Waals surface area contributed by atoms with Crippen molar-refractivity contribution in [3.05, 3.63) is 65.2 Å². The smallest absolute Gasteiger partial charge is 0.238 e. The lowest BCUT2D eigenvalue weighted by molar-refractivity contribution is -0.117. The molecule has 1 aliphatic heterocycles. The summed E-state index contributed by atoms with van der Waals surface area (Å²) in [4.78, 5) is 16.9. The highest BCUT2D eigenvalue weighted by molar-refractivity contribution is 5.93. The van der Waals surface area contributed by atoms with Crippen molar-refractivity contribution in [1.82, 2.24) is 9.80 Å². The van der Waals surface area contributed by atoms with E-state index in [0.29, 0.717) is 13.1 Å². The van der Waals surface area contributed by atoms with E-state index in [1.165, 1.54) is 0 Å². The molecule has 0 radical (unpaired) electrons. The molecule has 1 heterocycles. The molecule has 0 spiro atoms. The van der Waals surface area contributed by atoms with Crippen LogP contribution in [0.1, 0.15) is 22.8 Å². The van der Waals surface area contributed by atoms with E-state index < -0.39 is 6.10 Å². The van der Waals surface area contributed by atoms with E-state index in [1.807, 2.05) is 62.4 Å². The van der Waals surface area contributed by atoms with E-state index in [1.54, 1.807) is 0 Å². The summed E-state index contributed by atoms with van der Waals surface area (Å²) in [5.41, 5.74) is 4.05. The lowest BCUT2D eigenvalue weighted by atomic mass is 10.1. The lowest BCUT2D eigenvalue weighted by Gasteiger charge is -2.35. The minimum Gasteiger partial charge on any atom is -0.387 e. The van der Waals surface area contributed by atoms with Crippen LogP contribution >= 0.6 is 0 Å². The van der Waals surface area contributed by atoms with Gasteiger partial charge in [-0.3, -0.25) is 14.6 Å². The second-order valence-corrected chi connectivity index (χ2v) is 7.32. The molecule has 27 heavy (non-hydrogen) atoms. The number of hydrogen-bond acceptors (Lipinski definition) is 4. The Morgan fingerprint density at radius 1 is 0.963 bits per heavy atom. The van der Waals surface area contributed by atoms with Crippen LogP contribution in [0, 0.1) is 13.8 Å². The van der Waals surface area contributed by atoms with Crippen LogP contribution in [-0.4, -0.2) is 60.1 Å². The zero-order valence-electron chi connectivity index (χ0n) is 16.2. The van der Waals surface area contributed by atoms with Gasteiger partial charge in [0, 0.05) is 38.4 Å². The Kier molecular flexibility index (Phi) is 6.61. The van der Waals surface area contributed by atoms with Crippen molar-refractivity contribution in [3.63, 3.8) is 0 Å². The van der Waals surface area contributed by atoms with Gasteiger partial charge in [0.2, 0.25) is 5.91 Å². The van der Waals surface area contributed by atoms with Crippen LogP contribution in [0.5, 0.6) is 0 Å². The second kappa shape index (κ2) is 9.13. The molecule has 3 rings (SSSR count). The number of rotatable bonds is 6. The van der Waals surface area contributed by atoms with Crippen LogP contribution < -0.4 is 5.32 Å². The van der Waals surface area contributed by atoms with Crippen LogP contribution in [0.4, 0.5) is 5.69 Å². The van der Waals surface area contributed by atoms with Gasteiger partial charge in [0.05, 0.1) is 12.6 Å². The van der Waals surface area contributed by atoms with Gasteiger partial charge in [-0.15, -0.1) is 0 Å². The zero-order valence-corrected chi connectivity index (χ0v) is 16.2. The van der Waals surface area contributed by atoms with E-state index in [0.717, 1.165) is 48.6 Å². The summed E-state index contributed by atoms with van der Waals surface area (Å²) >= 11 is 0. The standard InChI is InChI=1S/C22H29N3O2/c1-17-7-6-8-18(2)22(17)23-21(27)16-25-13-11-24(12-14-25)15-20(26)19-9-4-3-5-10-19/h3-10,20,26H,11-16H2,1-2H3,(H,23,27). The summed E-state index contributed by atoms with van der Waals surface area (Å²) in [6, 6.07) is 15.8. The maximum atomic E-state index is 12.4. The third-order valence-electron chi connectivity index (χ3n) is 5.19. The average Bonchev–Trinajstić information content (AvgIpc) is 2.67. The molecule has 2 aromatic rings. The summed E-state index contributed by atoms with van der Waals surface area (Å²) in [6.07, 6.45) is -0.468. The number of carbonyl (C=O) groups is 1. The molecule has 1 aliphatic rings. The maximum Gasteiger partial charge on any atom is 0.238 e. The van der Waals surface area contributed by atoms with Gasteiger partial charge in [0.25, 0.3) is 0 Å². The number of nitrogens with one attached hydrogen (secondary N) is 1. The monoisotopic (exact) mass is 367 g/mol. The van der Waals surface area contributed by atoms with E-state index in [2.05, 4.69) is 15.1 Å². The van der Waals surface area contributed by atoms with Gasteiger partial charge in [-0.25, -0.2) is 0 Å². The third-order valence-corrected chi connectivity index (χ3v) is 5.19. The fourth-order valence-electron chi connectivity index (χ4n) is 3.55. The fraction of sp³-hybridized carbons (Fsp3) is 0.409. The van der Waals surface area contributed by atoms with E-state index in [4.69, 9.17) is 0 Å². The van der Waals surface area contributed by atoms with Gasteiger partial charge in [-0.1, -0.05) is 48.5 Å². The average molecular weight is 367 g/mol. The summed E-state index contributed by atoms with van der Waals surface area (Å²) in [5.74, 6) is 0.0326. The van der Waals surface area contributed by atoms with Crippen LogP contribution in [-0.2, 0) is 4.79 Å². The number of benzene rings is 2. The van der Waals surface area contributed by atoms with Gasteiger partial charge < -0.3 is 10.4 Å². The first kappa shape index (κ1) is 19.5. The van der Waals surface area contributed by atoms with Gasteiger partial charge in [-0.05, 0) is 30.5 Å². The number of aliphatic hydroxyl groups is 1. The molecule has 1 fully saturated rings. The van der Waals surface area contributed by atoms with Gasteiger partial charge in [0.15, 0.2) is 0 Å². The third kappa shape index (κ3) is 5.39. The molecule has 1 saturated heterocycles. The molecule has 5 nitrogen and oxygen atoms in total. The number of anilines is 1. The Balaban J connectivity index is 1.45. The van der Waals surface area contributed by atoms with Crippen LogP contribution in [0.25, 0.3) is 0 Å². The summed E-state index contributed by atoms with van der Waals surface area (Å²) < 4.78 is 0. The zero-order chi connectivity index (χ0) is 19.2. The Morgan fingerprint density at radius 3 is 2.19 bits per heavy atom. The largest absolute Gasteiger partial charge is 0.387 e. The first-order chi connectivity index (χ1) is 13.0. The molecule has 2 N–H and O–H groups in total. The van der Waals surface area contributed by atoms with E-state index >= 15 is 0 Å². The van der Waals surface area contributed by atoms with Crippen molar-refractivity contribution < 1.29 is 9.90 Å². The SMILES string of the molecule is Cc1cccc(C)c1NC(=O)CN1CCN(CC(O)c2ccccc2)CC1. The number of hydrogen-bond donors (Lipinski definition) is 2. The van der Waals surface area contributed by atoms with E-state index in [9.17, 15) is 9.90 Å². The summed E-state index contributed by atoms with van der Waals surface area (Å²) in [5, 5.41) is 13.4. The van der Waals surface area contributed by atoms with Crippen molar-refractivity contribution >= 4 is 11.6 Å². The minimum atomic E-state index is -0.468. The van der Waals surface area contributed by atoms with Gasteiger partial charge in [0.1, 0.15) is 0 Å². The Morgan fingerprint density at radius 2 is 1.56 bits per heavy atom. The minimum absolute atomic E-state index is 0.0326. The maximum absolute atomic E-state index is 12.4. The van der Waals surface area contributed by atoms with Crippen molar-refractivity contribution in [2.75, 3.05) is 44.6 Å². The molecular formula is C22H29N3O2. The van der Waals surface area contributed by atoms with E-state index in [-0.39, 0.29) is 5.91 Å². The Labute approximate surface area is 161 Å². The number of carbonyl (C=O) groups excluding carboxylic acids is 1. The molecule has 2 aromatic carbocycles. The number of piperazine rings is 1. The Bertz CT molecular complexity index is 735. The topological polar surface area (TPSA) is 55.8 Å². The molecule has 5 heteroatoms. The molecule has 1 atom stereocenters. The molecule has 0 bridgehead atoms. The number of para-hydroxylation sites is 1. The highest BCUT2D eigenvalue weighted by Gasteiger charge is 2.21. The highest BCUT2D eigenvalue weighted by atomic mass is 16.3. The number of nitrogens with zero attached hydrogens (tertiary/aromatic N) is 2. The van der Waals surface area contributed by atoms with Crippen LogP contribution in [0.15, 0.2) is 48.5 Å². The molecule has 1 amide bonds. The number of aryl methyl sites for hydroxylation is 2. The fourth-order valence-corrected chi connectivity index (χ4v) is 3.55. The predicted molar refractivity (Wildman–Crippen MR) is 109 cm³/mol. The van der Waals surface area contributed by atoms with Gasteiger partial charge in [-0.2, -0.15) is 0 Å². The molecule has 0 saturated carbocycles. The van der Waals surface area contributed by atoms with Crippen molar-refractivity contribution in [3.8, 4) is 0 Å². The normalized spacial score (nSPS) is 16.9. The molecule has 0 aromatic heterocycles. The van der Waals surface area contributed by atoms with Crippen molar-refractivity contribution in [1.29, 1.82) is 0 Å². The van der Waals surface area contributed by atoms with Crippen molar-refractivity contribution in [2.45, 2.75) is 20.0 Å². The molecular weight excluding hydrogens is 338 g/mol. The van der Waals surface area contributed by atoms with Gasteiger partial charge >= 0.3 is 0 Å². The first-order valence-electron chi connectivity index (χ1n) is 9.56. The Hall–Kier alpha value is -2.21. The summed E-state index contributed by atoms with van der Waals surface area (Å²) in [7, 11) is 0. The second-order valence-electron chi connectivity index (χ2n) is 7.32. The number of aliphatic hydroxyl groups excluding tert-OH is 1. The predicted octanol–water partition coefficient (Wildman–Crippen LogP) is 2.59. The molecule has 0 aliphatic carbocycles. The molecule has 1 unspecified atom stereocenters. The number of β-amino-alcohol motifs (C(OH)–C–C–N with tert-alkyl or cyclic N) is 1. The molecule has 144 valence electrons. The van der Waals surface area contributed by atoms with Crippen LogP contribution in [0.2, 0.25) is 0 Å². The quantitative estimate of drug-likeness (QED) is 0.824.